The predicted octanol–water partition coefficient (Wildman–Crippen LogP) is 5.58. The number of pyridine rings is 3. The number of aromatic nitrogens is 18. The third kappa shape index (κ3) is 22.0. The van der Waals surface area contributed by atoms with Gasteiger partial charge in [-0.2, -0.15) is 52.5 Å². The molecule has 0 spiro atoms. The molecular formula is C73H73F8N22Na2O13P. The van der Waals surface area contributed by atoms with Gasteiger partial charge in [0.25, 0.3) is 17.7 Å². The van der Waals surface area contributed by atoms with Gasteiger partial charge in [0.15, 0.2) is 34.5 Å². The van der Waals surface area contributed by atoms with E-state index < -0.39 is 79.2 Å². The largest absolute Gasteiger partial charge is 1.00 e. The van der Waals surface area contributed by atoms with Crippen molar-refractivity contribution >= 4 is 42.6 Å². The van der Waals surface area contributed by atoms with Crippen LogP contribution in [0.1, 0.15) is 146 Å². The molecule has 16 rings (SSSR count). The van der Waals surface area contributed by atoms with Crippen molar-refractivity contribution in [1.82, 2.24) is 94.3 Å². The Hall–Kier alpha value is -9.86. The standard InChI is InChI=1S/C26H26F4N8O3.C24H26F2N7O7P.C23H23F2N7O3.2Na/c27-18-5-6-21(26(28,29)30)35-22(18)23-19(33-24(39)20-14-41-25(34-20)15-11-31-32-12-15)13-38(36-23)17-3-1-16(2-4-17)37-7-9-40-10-8-37;1-2-38-16-5-3-15(4-6-16)33-11-18(22(31-33)21-17(25)7-8-20(26)30-21)28-23(34)19-12-39-24(29-19)14-9-27-32(10-14)13-40-41(35,36)37;1-2-34-15-5-3-14(4-6-15)32-11-17(21(31-32)20-16(24)7-8-19(25)30-20)28-22(33)18-12-35-23(29-18)13-9-26-27-10-13;;/h5-6,11-14,16-17H,1-4,7-10H2,(H,31,32)(H,33,39);7-12,15-16H,2-6,13H2,1H3,(H,28,34)(H2,35,36,37);7-12,14-15H,2-6H2,1H3,(H,26,27)(H,28,33);;/q;;;2*+1/p-2. The van der Waals surface area contributed by atoms with Crippen molar-refractivity contribution in [3.05, 3.63) is 163 Å². The number of ether oxygens (including phenoxy) is 3. The van der Waals surface area contributed by atoms with Crippen molar-refractivity contribution in [1.29, 1.82) is 0 Å². The normalized spacial score (nSPS) is 18.4. The zero-order valence-electron chi connectivity index (χ0n) is 64.2. The van der Waals surface area contributed by atoms with Crippen molar-refractivity contribution < 1.29 is 155 Å². The Balaban J connectivity index is 0.000000163. The number of rotatable bonds is 23. The summed E-state index contributed by atoms with van der Waals surface area (Å²) in [6, 6.07) is 5.25. The van der Waals surface area contributed by atoms with Crippen LogP contribution in [-0.4, -0.2) is 170 Å². The van der Waals surface area contributed by atoms with E-state index in [0.29, 0.717) is 55.7 Å². The number of morpholine rings is 1. The summed E-state index contributed by atoms with van der Waals surface area (Å²) in [6.07, 6.45) is 22.0. The molecule has 0 atom stereocenters. The molecule has 0 aromatic carbocycles. The van der Waals surface area contributed by atoms with E-state index in [1.807, 2.05) is 13.8 Å². The Morgan fingerprint density at radius 1 is 0.513 bits per heavy atom. The first kappa shape index (κ1) is 88.4. The molecule has 12 aromatic rings. The molecule has 13 heterocycles. The van der Waals surface area contributed by atoms with Gasteiger partial charge in [0.1, 0.15) is 65.4 Å². The number of anilines is 3. The number of halogens is 8. The Morgan fingerprint density at radius 3 is 1.29 bits per heavy atom. The average Bonchev–Trinajstić information content (AvgIpc) is 1.66. The van der Waals surface area contributed by atoms with E-state index in [1.54, 1.807) is 32.6 Å². The summed E-state index contributed by atoms with van der Waals surface area (Å²) in [7, 11) is -5.20. The van der Waals surface area contributed by atoms with E-state index in [0.717, 1.165) is 132 Å². The Morgan fingerprint density at radius 2 is 0.899 bits per heavy atom. The number of amides is 3. The molecule has 4 fully saturated rings. The van der Waals surface area contributed by atoms with E-state index in [1.165, 1.54) is 43.4 Å². The maximum atomic E-state index is 14.9. The maximum absolute atomic E-state index is 14.9. The van der Waals surface area contributed by atoms with Crippen LogP contribution >= 0.6 is 7.82 Å². The SMILES string of the molecule is CCOC1CCC(n2cc(NC(=O)c3coc(-c4cn[nH]c4)n3)c(-c3nc(F)ccc3F)n2)CC1.CCOC1CCC(n2cc(NC(=O)c3coc(-c4cnn(COP(=O)([O-])[O-])c4)n3)c(-c3nc(F)ccc3F)n2)CC1.O=C(Nc1cn(C2CCC(N3CCOCC3)CC2)nc1-c1nc(C(F)(F)F)ccc1F)c1coc(-c2cn[nH]c2)n1.[Na+].[Na+]. The molecule has 46 heteroatoms. The Kier molecular flexibility index (Phi) is 29.4. The van der Waals surface area contributed by atoms with Gasteiger partial charge >= 0.3 is 65.3 Å². The molecule has 4 aliphatic rings. The summed E-state index contributed by atoms with van der Waals surface area (Å²) in [5.74, 6) is -6.06. The van der Waals surface area contributed by atoms with Gasteiger partial charge in [-0.25, -0.2) is 47.8 Å². The second-order valence-corrected chi connectivity index (χ2v) is 28.5. The number of nitrogens with zero attached hydrogens (tertiary/aromatic N) is 17. The van der Waals surface area contributed by atoms with E-state index in [2.05, 4.69) is 96.1 Å². The molecule has 3 aliphatic carbocycles. The number of hydrogen-bond acceptors (Lipinski definition) is 26. The van der Waals surface area contributed by atoms with Gasteiger partial charge in [0.2, 0.25) is 29.6 Å². The number of oxazole rings is 3. The quantitative estimate of drug-likeness (QED) is 0.0226. The molecule has 616 valence electrons. The number of aromatic amines is 2. The van der Waals surface area contributed by atoms with Crippen molar-refractivity contribution in [3.8, 4) is 68.5 Å². The van der Waals surface area contributed by atoms with Gasteiger partial charge in [-0.3, -0.25) is 43.5 Å². The summed E-state index contributed by atoms with van der Waals surface area (Å²) in [6.45, 7) is 7.70. The second kappa shape index (κ2) is 39.6. The molecule has 5 N–H and O–H groups in total. The van der Waals surface area contributed by atoms with Crippen molar-refractivity contribution in [2.24, 2.45) is 0 Å². The zero-order chi connectivity index (χ0) is 82.1. The number of carbonyl (C=O) groups excluding carboxylic acids is 3. The zero-order valence-corrected chi connectivity index (χ0v) is 69.1. The molecule has 3 amide bonds. The number of H-pyrrole nitrogens is 2. The van der Waals surface area contributed by atoms with Gasteiger partial charge in [0.05, 0.1) is 104 Å². The molecule has 3 saturated carbocycles. The Labute approximate surface area is 714 Å². The van der Waals surface area contributed by atoms with E-state index >= 15 is 0 Å². The predicted molar refractivity (Wildman–Crippen MR) is 389 cm³/mol. The van der Waals surface area contributed by atoms with Gasteiger partial charge in [0, 0.05) is 69.5 Å². The molecule has 0 bridgehead atoms. The summed E-state index contributed by atoms with van der Waals surface area (Å²) in [4.78, 5) is 86.2. The fraction of sp³-hybridized carbons (Fsp3) is 0.384. The van der Waals surface area contributed by atoms with Crippen molar-refractivity contribution in [3.63, 3.8) is 0 Å². The van der Waals surface area contributed by atoms with Crippen LogP contribution in [-0.2, 0) is 36.2 Å². The monoisotopic (exact) mass is 1690 g/mol. The van der Waals surface area contributed by atoms with Crippen LogP contribution in [0.2, 0.25) is 0 Å². The van der Waals surface area contributed by atoms with Crippen LogP contribution < -0.4 is 84.9 Å². The number of phosphoric acid groups is 1. The number of phosphoric ester groups is 1. The van der Waals surface area contributed by atoms with E-state index in [4.69, 9.17) is 27.5 Å². The first-order valence-corrected chi connectivity index (χ1v) is 38.5. The second-order valence-electron chi connectivity index (χ2n) is 27.4. The molecular weight excluding hydrogens is 1620 g/mol. The molecule has 1 saturated heterocycles. The third-order valence-corrected chi connectivity index (χ3v) is 20.2. The molecule has 1 aliphatic heterocycles. The first-order valence-electron chi connectivity index (χ1n) is 37.1. The van der Waals surface area contributed by atoms with Crippen LogP contribution in [0.15, 0.2) is 124 Å². The molecule has 119 heavy (non-hydrogen) atoms. The summed E-state index contributed by atoms with van der Waals surface area (Å²) in [5.41, 5.74) is -1.39. The van der Waals surface area contributed by atoms with Gasteiger partial charge in [-0.15, -0.1) is 0 Å². The van der Waals surface area contributed by atoms with Crippen LogP contribution in [0.4, 0.5) is 52.2 Å². The molecule has 0 radical (unpaired) electrons. The molecule has 12 aromatic heterocycles. The Bertz CT molecular complexity index is 5450. The van der Waals surface area contributed by atoms with Gasteiger partial charge in [-0.05, 0) is 127 Å². The minimum atomic E-state index is -5.20. The third-order valence-electron chi connectivity index (χ3n) is 19.7. The van der Waals surface area contributed by atoms with E-state index in [-0.39, 0.29) is 175 Å². The van der Waals surface area contributed by atoms with Crippen LogP contribution in [0, 0.1) is 29.3 Å². The summed E-state index contributed by atoms with van der Waals surface area (Å²) >= 11 is 0. The van der Waals surface area contributed by atoms with Crippen molar-refractivity contribution in [2.45, 2.75) is 140 Å². The molecule has 0 unspecified atom stereocenters. The smallest absolute Gasteiger partial charge is 0.790 e. The summed E-state index contributed by atoms with van der Waals surface area (Å²) < 4.78 is 166. The summed E-state index contributed by atoms with van der Waals surface area (Å²) in [5, 5.41) is 38.1. The maximum Gasteiger partial charge on any atom is 1.00 e. The average molecular weight is 1700 g/mol. The van der Waals surface area contributed by atoms with Crippen molar-refractivity contribution in [2.75, 3.05) is 55.5 Å². The number of alkyl halides is 3. The topological polar surface area (TPSA) is 436 Å². The fourth-order valence-corrected chi connectivity index (χ4v) is 14.3. The minimum Gasteiger partial charge on any atom is -0.790 e. The van der Waals surface area contributed by atoms with Crippen LogP contribution in [0.5, 0.6) is 0 Å². The number of carbonyl (C=O) groups is 3. The van der Waals surface area contributed by atoms with Gasteiger partial charge < -0.3 is 62.3 Å². The van der Waals surface area contributed by atoms with Gasteiger partial charge in [-0.1, -0.05) is 0 Å². The van der Waals surface area contributed by atoms with E-state index in [9.17, 15) is 63.9 Å². The minimum absolute atomic E-state index is 0. The number of nitrogens with one attached hydrogen (secondary N) is 5. The number of hydrogen-bond donors (Lipinski definition) is 5. The fourth-order valence-electron chi connectivity index (χ4n) is 14.0. The van der Waals surface area contributed by atoms with Crippen LogP contribution in [0.25, 0.3) is 68.5 Å². The first-order chi connectivity index (χ1) is 56.4. The molecule has 35 nitrogen and oxygen atoms in total. The van der Waals surface area contributed by atoms with Crippen LogP contribution in [0.3, 0.4) is 0 Å².